The second-order valence-corrected chi connectivity index (χ2v) is 7.14. The number of anilines is 2. The van der Waals surface area contributed by atoms with E-state index in [4.69, 9.17) is 0 Å². The molecule has 28 heavy (non-hydrogen) atoms. The van der Waals surface area contributed by atoms with Gasteiger partial charge in [-0.05, 0) is 55.0 Å². The van der Waals surface area contributed by atoms with Crippen molar-refractivity contribution in [3.63, 3.8) is 0 Å². The summed E-state index contributed by atoms with van der Waals surface area (Å²) in [5.41, 5.74) is 4.25. The number of hydrogen-bond acceptors (Lipinski definition) is 3. The van der Waals surface area contributed by atoms with Gasteiger partial charge in [0.1, 0.15) is 5.82 Å². The third-order valence-electron chi connectivity index (χ3n) is 5.16. The molecule has 0 atom stereocenters. The van der Waals surface area contributed by atoms with E-state index in [0.717, 1.165) is 50.3 Å². The summed E-state index contributed by atoms with van der Waals surface area (Å²) >= 11 is 0. The maximum Gasteiger partial charge on any atom is 0.259 e. The average molecular weight is 371 g/mol. The summed E-state index contributed by atoms with van der Waals surface area (Å²) in [6.07, 6.45) is 5.79. The highest BCUT2D eigenvalue weighted by atomic mass is 16.2. The van der Waals surface area contributed by atoms with Crippen LogP contribution >= 0.6 is 0 Å². The minimum atomic E-state index is 0.0234. The second-order valence-electron chi connectivity index (χ2n) is 7.14. The van der Waals surface area contributed by atoms with Gasteiger partial charge in [-0.15, -0.1) is 0 Å². The summed E-state index contributed by atoms with van der Waals surface area (Å²) in [7, 11) is 0. The van der Waals surface area contributed by atoms with Crippen molar-refractivity contribution in [1.29, 1.82) is 0 Å². The van der Waals surface area contributed by atoms with Gasteiger partial charge in [-0.3, -0.25) is 4.79 Å². The monoisotopic (exact) mass is 371 g/mol. The van der Waals surface area contributed by atoms with Crippen LogP contribution in [0, 0.1) is 0 Å². The van der Waals surface area contributed by atoms with E-state index in [1.165, 1.54) is 11.1 Å². The van der Waals surface area contributed by atoms with Gasteiger partial charge in [-0.25, -0.2) is 4.98 Å². The fourth-order valence-corrected chi connectivity index (χ4v) is 3.68. The van der Waals surface area contributed by atoms with E-state index in [1.54, 1.807) is 6.20 Å². The number of hydrogen-bond donors (Lipinski definition) is 1. The fraction of sp³-hybridized carbons (Fsp3) is 0.250. The summed E-state index contributed by atoms with van der Waals surface area (Å²) in [6, 6.07) is 22.4. The van der Waals surface area contributed by atoms with Crippen molar-refractivity contribution in [1.82, 2.24) is 4.98 Å². The quantitative estimate of drug-likeness (QED) is 0.638. The van der Waals surface area contributed by atoms with Crippen molar-refractivity contribution in [2.45, 2.75) is 25.7 Å². The van der Waals surface area contributed by atoms with Gasteiger partial charge < -0.3 is 10.2 Å². The molecule has 1 aliphatic rings. The molecular formula is C24H25N3O. The second kappa shape index (κ2) is 8.70. The molecule has 2 heterocycles. The predicted octanol–water partition coefficient (Wildman–Crippen LogP) is 4.72. The first kappa shape index (κ1) is 18.2. The zero-order chi connectivity index (χ0) is 19.2. The minimum Gasteiger partial charge on any atom is -0.370 e. The highest BCUT2D eigenvalue weighted by Gasteiger charge is 2.23. The number of fused-ring (bicyclic) bond motifs is 1. The Morgan fingerprint density at radius 1 is 1.00 bits per heavy atom. The number of nitrogens with zero attached hydrogens (tertiary/aromatic N) is 2. The van der Waals surface area contributed by atoms with Gasteiger partial charge in [-0.2, -0.15) is 0 Å². The summed E-state index contributed by atoms with van der Waals surface area (Å²) in [6.45, 7) is 1.62. The molecule has 142 valence electrons. The van der Waals surface area contributed by atoms with E-state index in [0.29, 0.717) is 5.56 Å². The van der Waals surface area contributed by atoms with Gasteiger partial charge in [-0.1, -0.05) is 48.5 Å². The number of para-hydroxylation sites is 1. The fourth-order valence-electron chi connectivity index (χ4n) is 3.68. The van der Waals surface area contributed by atoms with Crippen LogP contribution in [0.2, 0.25) is 0 Å². The summed E-state index contributed by atoms with van der Waals surface area (Å²) in [5, 5.41) is 3.34. The lowest BCUT2D eigenvalue weighted by atomic mass is 10.0. The van der Waals surface area contributed by atoms with Crippen molar-refractivity contribution in [2.75, 3.05) is 23.3 Å². The number of amides is 1. The highest BCUT2D eigenvalue weighted by molar-refractivity contribution is 6.06. The SMILES string of the molecule is O=C(c1ccc(NCCCc2ccccc2)nc1)N1CCCc2ccccc21. The average Bonchev–Trinajstić information content (AvgIpc) is 2.77. The largest absolute Gasteiger partial charge is 0.370 e. The summed E-state index contributed by atoms with van der Waals surface area (Å²) < 4.78 is 0. The molecule has 0 spiro atoms. The van der Waals surface area contributed by atoms with E-state index < -0.39 is 0 Å². The Morgan fingerprint density at radius 2 is 1.82 bits per heavy atom. The third kappa shape index (κ3) is 4.22. The predicted molar refractivity (Wildman–Crippen MR) is 114 cm³/mol. The summed E-state index contributed by atoms with van der Waals surface area (Å²) in [5.74, 6) is 0.832. The lowest BCUT2D eigenvalue weighted by molar-refractivity contribution is 0.0985. The van der Waals surface area contributed by atoms with Gasteiger partial charge in [0.05, 0.1) is 5.56 Å². The zero-order valence-corrected chi connectivity index (χ0v) is 16.0. The molecule has 0 fully saturated rings. The van der Waals surface area contributed by atoms with Gasteiger partial charge in [0.2, 0.25) is 0 Å². The number of aryl methyl sites for hydroxylation is 2. The van der Waals surface area contributed by atoms with Crippen LogP contribution in [0.1, 0.15) is 34.3 Å². The topological polar surface area (TPSA) is 45.2 Å². The first-order chi connectivity index (χ1) is 13.8. The van der Waals surface area contributed by atoms with Crippen molar-refractivity contribution in [3.05, 3.63) is 89.6 Å². The molecule has 4 rings (SSSR count). The number of aromatic nitrogens is 1. The molecule has 1 aliphatic heterocycles. The van der Waals surface area contributed by atoms with Crippen LogP contribution in [-0.4, -0.2) is 24.0 Å². The Bertz CT molecular complexity index is 922. The maximum atomic E-state index is 13.0. The van der Waals surface area contributed by atoms with Crippen molar-refractivity contribution in [2.24, 2.45) is 0 Å². The number of benzene rings is 2. The van der Waals surface area contributed by atoms with Crippen LogP contribution in [0.5, 0.6) is 0 Å². The molecule has 0 saturated carbocycles. The molecule has 0 bridgehead atoms. The first-order valence-electron chi connectivity index (χ1n) is 9.95. The number of carbonyl (C=O) groups excluding carboxylic acids is 1. The van der Waals surface area contributed by atoms with Crippen LogP contribution in [0.15, 0.2) is 72.9 Å². The number of nitrogens with one attached hydrogen (secondary N) is 1. The van der Waals surface area contributed by atoms with E-state index in [2.05, 4.69) is 40.6 Å². The van der Waals surface area contributed by atoms with Crippen molar-refractivity contribution in [3.8, 4) is 0 Å². The molecule has 2 aromatic carbocycles. The molecule has 1 N–H and O–H groups in total. The Labute approximate surface area is 166 Å². The van der Waals surface area contributed by atoms with Gasteiger partial charge in [0, 0.05) is 25.0 Å². The third-order valence-corrected chi connectivity index (χ3v) is 5.16. The van der Waals surface area contributed by atoms with Gasteiger partial charge in [0.25, 0.3) is 5.91 Å². The van der Waals surface area contributed by atoms with Crippen LogP contribution in [0.25, 0.3) is 0 Å². The minimum absolute atomic E-state index is 0.0234. The van der Waals surface area contributed by atoms with Crippen LogP contribution in [-0.2, 0) is 12.8 Å². The number of pyridine rings is 1. The molecule has 4 heteroatoms. The molecule has 4 nitrogen and oxygen atoms in total. The van der Waals surface area contributed by atoms with Gasteiger partial charge >= 0.3 is 0 Å². The Balaban J connectivity index is 1.34. The molecule has 1 aromatic heterocycles. The molecule has 0 aliphatic carbocycles. The molecule has 1 amide bonds. The lowest BCUT2D eigenvalue weighted by Crippen LogP contribution is -2.35. The summed E-state index contributed by atoms with van der Waals surface area (Å²) in [4.78, 5) is 19.3. The van der Waals surface area contributed by atoms with Crippen molar-refractivity contribution < 1.29 is 4.79 Å². The Morgan fingerprint density at radius 3 is 2.64 bits per heavy atom. The van der Waals surface area contributed by atoms with Crippen LogP contribution < -0.4 is 10.2 Å². The van der Waals surface area contributed by atoms with Gasteiger partial charge in [0.15, 0.2) is 0 Å². The van der Waals surface area contributed by atoms with Crippen LogP contribution in [0.4, 0.5) is 11.5 Å². The standard InChI is InChI=1S/C24H25N3O/c28-24(27-17-7-12-20-11-4-5-13-22(20)27)21-14-15-23(26-18-21)25-16-6-10-19-8-2-1-3-9-19/h1-5,8-9,11,13-15,18H,6-7,10,12,16-17H2,(H,25,26). The molecule has 0 radical (unpaired) electrons. The Kier molecular flexibility index (Phi) is 5.66. The molecule has 0 unspecified atom stereocenters. The van der Waals surface area contributed by atoms with Crippen LogP contribution in [0.3, 0.4) is 0 Å². The molecule has 0 saturated heterocycles. The maximum absolute atomic E-state index is 13.0. The lowest BCUT2D eigenvalue weighted by Gasteiger charge is -2.29. The number of rotatable bonds is 6. The van der Waals surface area contributed by atoms with Crippen molar-refractivity contribution >= 4 is 17.4 Å². The van der Waals surface area contributed by atoms with E-state index in [-0.39, 0.29) is 5.91 Å². The normalized spacial score (nSPS) is 13.1. The molecule has 3 aromatic rings. The highest BCUT2D eigenvalue weighted by Crippen LogP contribution is 2.28. The zero-order valence-electron chi connectivity index (χ0n) is 16.0. The van der Waals surface area contributed by atoms with E-state index >= 15 is 0 Å². The molecular weight excluding hydrogens is 346 g/mol. The number of carbonyl (C=O) groups is 1. The first-order valence-corrected chi connectivity index (χ1v) is 9.95. The Hall–Kier alpha value is -3.14. The van der Waals surface area contributed by atoms with E-state index in [1.807, 2.05) is 41.3 Å². The smallest absolute Gasteiger partial charge is 0.259 e. The van der Waals surface area contributed by atoms with E-state index in [9.17, 15) is 4.79 Å².